The molecule has 0 saturated carbocycles. The number of benzene rings is 1. The number of ether oxygens (including phenoxy) is 1. The molecule has 23 heavy (non-hydrogen) atoms. The van der Waals surface area contributed by atoms with Crippen LogP contribution in [0.3, 0.4) is 0 Å². The van der Waals surface area contributed by atoms with Crippen LogP contribution in [0.5, 0.6) is 5.75 Å². The molecule has 1 aliphatic rings. The number of anilines is 2. The maximum atomic E-state index is 9.75. The van der Waals surface area contributed by atoms with Gasteiger partial charge in [-0.2, -0.15) is 0 Å². The summed E-state index contributed by atoms with van der Waals surface area (Å²) in [5.41, 5.74) is 0.940. The molecule has 2 heterocycles. The van der Waals surface area contributed by atoms with E-state index in [0.717, 1.165) is 39.9 Å². The molecule has 124 valence electrons. The minimum absolute atomic E-state index is 0.242. The first-order chi connectivity index (χ1) is 11.1. The normalized spacial score (nSPS) is 18.8. The van der Waals surface area contributed by atoms with Crippen molar-refractivity contribution < 1.29 is 9.84 Å². The highest BCUT2D eigenvalue weighted by atomic mass is 32.1. The Morgan fingerprint density at radius 3 is 2.91 bits per heavy atom. The summed E-state index contributed by atoms with van der Waals surface area (Å²) in [7, 11) is 1.65. The molecule has 0 amide bonds. The fraction of sp³-hybridized carbons (Fsp3) is 0.467. The van der Waals surface area contributed by atoms with E-state index >= 15 is 0 Å². The first-order valence-electron chi connectivity index (χ1n) is 7.53. The van der Waals surface area contributed by atoms with E-state index in [2.05, 4.69) is 15.3 Å². The van der Waals surface area contributed by atoms with Crippen molar-refractivity contribution in [3.8, 4) is 5.75 Å². The van der Waals surface area contributed by atoms with Gasteiger partial charge in [0.15, 0.2) is 3.95 Å². The highest BCUT2D eigenvalue weighted by Crippen LogP contribution is 2.23. The summed E-state index contributed by atoms with van der Waals surface area (Å²) in [5, 5.41) is 18.3. The predicted molar refractivity (Wildman–Crippen MR) is 94.0 cm³/mol. The Hall–Kier alpha value is -1.48. The average molecular weight is 352 g/mol. The third-order valence-electron chi connectivity index (χ3n) is 3.76. The Morgan fingerprint density at radius 1 is 1.43 bits per heavy atom. The third-order valence-corrected chi connectivity index (χ3v) is 4.99. The molecule has 1 atom stereocenters. The average Bonchev–Trinajstić information content (AvgIpc) is 2.87. The molecule has 1 fully saturated rings. The molecule has 2 N–H and O–H groups in total. The van der Waals surface area contributed by atoms with Crippen LogP contribution in [0, 0.1) is 3.95 Å². The zero-order chi connectivity index (χ0) is 16.2. The molecule has 2 aromatic rings. The lowest BCUT2D eigenvalue weighted by molar-refractivity contribution is 0.0516. The number of aromatic nitrogens is 2. The number of nitrogens with zero attached hydrogens (tertiary/aromatic N) is 3. The van der Waals surface area contributed by atoms with Crippen LogP contribution in [-0.4, -0.2) is 46.1 Å². The first-order valence-corrected chi connectivity index (χ1v) is 8.76. The summed E-state index contributed by atoms with van der Waals surface area (Å²) >= 11 is 6.84. The van der Waals surface area contributed by atoms with Crippen LogP contribution in [0.15, 0.2) is 24.3 Å². The van der Waals surface area contributed by atoms with Gasteiger partial charge >= 0.3 is 0 Å². The lowest BCUT2D eigenvalue weighted by atomic mass is 10.1. The molecule has 0 spiro atoms. The van der Waals surface area contributed by atoms with E-state index in [4.69, 9.17) is 17.0 Å². The largest absolute Gasteiger partial charge is 0.497 e. The first kappa shape index (κ1) is 16.4. The number of aliphatic hydroxyl groups is 1. The van der Waals surface area contributed by atoms with E-state index in [1.807, 2.05) is 28.9 Å². The predicted octanol–water partition coefficient (Wildman–Crippen LogP) is 2.84. The Morgan fingerprint density at radius 2 is 2.22 bits per heavy atom. The molecular formula is C15H20N4O2S2. The minimum atomic E-state index is -0.242. The van der Waals surface area contributed by atoms with Crippen molar-refractivity contribution in [1.82, 2.24) is 14.7 Å². The van der Waals surface area contributed by atoms with E-state index in [-0.39, 0.29) is 6.10 Å². The van der Waals surface area contributed by atoms with Crippen molar-refractivity contribution in [3.63, 3.8) is 0 Å². The lowest BCUT2D eigenvalue weighted by Crippen LogP contribution is -2.39. The van der Waals surface area contributed by atoms with E-state index in [1.54, 1.807) is 7.11 Å². The van der Waals surface area contributed by atoms with Crippen LogP contribution in [0.2, 0.25) is 0 Å². The summed E-state index contributed by atoms with van der Waals surface area (Å²) in [5.74, 6) is 0.817. The smallest absolute Gasteiger partial charge is 0.209 e. The summed E-state index contributed by atoms with van der Waals surface area (Å²) in [4.78, 5) is 2.18. The molecule has 1 saturated heterocycles. The number of piperidine rings is 1. The molecule has 1 aliphatic heterocycles. The Bertz CT molecular complexity index is 698. The molecule has 0 unspecified atom stereocenters. The molecule has 1 aromatic carbocycles. The summed E-state index contributed by atoms with van der Waals surface area (Å²) in [6.07, 6.45) is 1.65. The fourth-order valence-electron chi connectivity index (χ4n) is 2.59. The van der Waals surface area contributed by atoms with Crippen LogP contribution in [-0.2, 0) is 6.67 Å². The number of hydrogen-bond donors (Lipinski definition) is 2. The van der Waals surface area contributed by atoms with Gasteiger partial charge in [-0.15, -0.1) is 5.10 Å². The number of methoxy groups -OCH3 is 1. The van der Waals surface area contributed by atoms with Gasteiger partial charge in [-0.1, -0.05) is 11.3 Å². The topological polar surface area (TPSA) is 62.5 Å². The Balaban J connectivity index is 1.66. The summed E-state index contributed by atoms with van der Waals surface area (Å²) in [6, 6.07) is 7.67. The molecule has 0 bridgehead atoms. The quantitative estimate of drug-likeness (QED) is 0.807. The Kier molecular flexibility index (Phi) is 5.27. The second-order valence-corrected chi connectivity index (χ2v) is 7.16. The SMILES string of the molecule is COc1ccc(Nc2nn(CN3CCC[C@H](O)C3)c(=S)s2)cc1. The van der Waals surface area contributed by atoms with E-state index in [0.29, 0.717) is 13.2 Å². The molecule has 8 heteroatoms. The molecular weight excluding hydrogens is 332 g/mol. The summed E-state index contributed by atoms with van der Waals surface area (Å²) < 4.78 is 7.68. The number of aliphatic hydroxyl groups excluding tert-OH is 1. The van der Waals surface area contributed by atoms with E-state index in [1.165, 1.54) is 11.3 Å². The van der Waals surface area contributed by atoms with Crippen LogP contribution in [0.25, 0.3) is 0 Å². The van der Waals surface area contributed by atoms with Crippen LogP contribution < -0.4 is 10.1 Å². The van der Waals surface area contributed by atoms with Crippen molar-refractivity contribution in [2.45, 2.75) is 25.6 Å². The minimum Gasteiger partial charge on any atom is -0.497 e. The second kappa shape index (κ2) is 7.39. The van der Waals surface area contributed by atoms with Crippen molar-refractivity contribution in [1.29, 1.82) is 0 Å². The molecule has 6 nitrogen and oxygen atoms in total. The number of rotatable bonds is 5. The molecule has 0 radical (unpaired) electrons. The van der Waals surface area contributed by atoms with Gasteiger partial charge in [0.1, 0.15) is 5.75 Å². The van der Waals surface area contributed by atoms with E-state index < -0.39 is 0 Å². The van der Waals surface area contributed by atoms with E-state index in [9.17, 15) is 5.11 Å². The highest BCUT2D eigenvalue weighted by molar-refractivity contribution is 7.73. The third kappa shape index (κ3) is 4.29. The fourth-order valence-corrected chi connectivity index (χ4v) is 3.61. The molecule has 0 aliphatic carbocycles. The number of nitrogens with one attached hydrogen (secondary N) is 1. The van der Waals surface area contributed by atoms with Crippen LogP contribution >= 0.6 is 23.6 Å². The van der Waals surface area contributed by atoms with Crippen molar-refractivity contribution >= 4 is 34.4 Å². The standard InChI is InChI=1S/C15H20N4O2S2/c1-21-13-6-4-11(5-7-13)16-14-17-19(15(22)23-14)10-18-8-2-3-12(20)9-18/h4-7,12,20H,2-3,8-10H2,1H3,(H,16,17)/t12-/m0/s1. The van der Waals surface area contributed by atoms with Crippen molar-refractivity contribution in [2.75, 3.05) is 25.5 Å². The van der Waals surface area contributed by atoms with Crippen LogP contribution in [0.4, 0.5) is 10.8 Å². The lowest BCUT2D eigenvalue weighted by Gasteiger charge is -2.29. The number of β-amino-alcohol motifs (C(OH)–C–C–N with tert-alkyl or cyclic N) is 1. The van der Waals surface area contributed by atoms with Crippen molar-refractivity contribution in [3.05, 3.63) is 28.2 Å². The number of hydrogen-bond acceptors (Lipinski definition) is 7. The summed E-state index contributed by atoms with van der Waals surface area (Å²) in [6.45, 7) is 2.27. The monoisotopic (exact) mass is 352 g/mol. The maximum absolute atomic E-state index is 9.75. The van der Waals surface area contributed by atoms with Gasteiger partial charge in [0.05, 0.1) is 19.9 Å². The van der Waals surface area contributed by atoms with Gasteiger partial charge in [-0.25, -0.2) is 4.68 Å². The molecule has 3 rings (SSSR count). The van der Waals surface area contributed by atoms with Gasteiger partial charge in [0.25, 0.3) is 0 Å². The zero-order valence-electron chi connectivity index (χ0n) is 12.9. The molecule has 1 aromatic heterocycles. The van der Waals surface area contributed by atoms with Gasteiger partial charge in [-0.3, -0.25) is 4.90 Å². The second-order valence-electron chi connectivity index (χ2n) is 5.54. The van der Waals surface area contributed by atoms with Gasteiger partial charge < -0.3 is 15.2 Å². The van der Waals surface area contributed by atoms with Gasteiger partial charge in [0.2, 0.25) is 5.13 Å². The van der Waals surface area contributed by atoms with Crippen molar-refractivity contribution in [2.24, 2.45) is 0 Å². The maximum Gasteiger partial charge on any atom is 0.209 e. The Labute approximate surface area is 144 Å². The zero-order valence-corrected chi connectivity index (χ0v) is 14.6. The number of likely N-dealkylation sites (tertiary alicyclic amines) is 1. The van der Waals surface area contributed by atoms with Gasteiger partial charge in [-0.05, 0) is 49.3 Å². The van der Waals surface area contributed by atoms with Gasteiger partial charge in [0, 0.05) is 18.8 Å². The highest BCUT2D eigenvalue weighted by Gasteiger charge is 2.18. The van der Waals surface area contributed by atoms with Crippen LogP contribution in [0.1, 0.15) is 12.8 Å².